The Hall–Kier alpha value is -1.46. The molecule has 0 aromatic heterocycles. The lowest BCUT2D eigenvalue weighted by Crippen LogP contribution is -2.49. The number of aliphatic hydroxyl groups is 1. The average molecular weight is 280 g/mol. The molecule has 1 aliphatic carbocycles. The van der Waals surface area contributed by atoms with Crippen LogP contribution in [0, 0.1) is 5.82 Å². The summed E-state index contributed by atoms with van der Waals surface area (Å²) in [5.41, 5.74) is 5.57. The summed E-state index contributed by atoms with van der Waals surface area (Å²) in [6.45, 7) is 0.331. The third-order valence-corrected chi connectivity index (χ3v) is 4.10. The van der Waals surface area contributed by atoms with Crippen LogP contribution in [0.5, 0.6) is 0 Å². The molecule has 0 aliphatic heterocycles. The Balaban J connectivity index is 2.09. The van der Waals surface area contributed by atoms with E-state index in [9.17, 15) is 14.3 Å². The lowest BCUT2D eigenvalue weighted by molar-refractivity contribution is 0.1000. The quantitative estimate of drug-likeness (QED) is 0.768. The highest BCUT2D eigenvalue weighted by Gasteiger charge is 2.30. The van der Waals surface area contributed by atoms with Gasteiger partial charge in [-0.15, -0.1) is 0 Å². The monoisotopic (exact) mass is 280 g/mol. The van der Waals surface area contributed by atoms with Crippen LogP contribution < -0.4 is 11.1 Å². The van der Waals surface area contributed by atoms with Crippen LogP contribution in [0.2, 0.25) is 0 Å². The standard InChI is InChI=1S/C15H21FN2O2/c16-13-5-4-11(14(17)20)8-12(13)9-18-15(10-19)6-2-1-3-7-15/h4-5,8,18-19H,1-3,6-7,9-10H2,(H2,17,20). The molecule has 0 unspecified atom stereocenters. The van der Waals surface area contributed by atoms with E-state index in [2.05, 4.69) is 5.32 Å². The minimum Gasteiger partial charge on any atom is -0.394 e. The van der Waals surface area contributed by atoms with Gasteiger partial charge in [-0.2, -0.15) is 0 Å². The Morgan fingerprint density at radius 1 is 1.35 bits per heavy atom. The number of amides is 1. The molecule has 1 aromatic carbocycles. The molecule has 0 saturated heterocycles. The Bertz CT molecular complexity index is 485. The van der Waals surface area contributed by atoms with Gasteiger partial charge in [0.25, 0.3) is 0 Å². The van der Waals surface area contributed by atoms with E-state index in [1.165, 1.54) is 24.6 Å². The molecule has 0 heterocycles. The molecule has 4 nitrogen and oxygen atoms in total. The van der Waals surface area contributed by atoms with Crippen molar-refractivity contribution in [2.24, 2.45) is 5.73 Å². The largest absolute Gasteiger partial charge is 0.394 e. The molecular formula is C15H21FN2O2. The van der Waals surface area contributed by atoms with Crippen LogP contribution in [0.15, 0.2) is 18.2 Å². The minimum absolute atomic E-state index is 0.0458. The minimum atomic E-state index is -0.569. The summed E-state index contributed by atoms with van der Waals surface area (Å²) in [7, 11) is 0. The van der Waals surface area contributed by atoms with E-state index in [1.807, 2.05) is 0 Å². The summed E-state index contributed by atoms with van der Waals surface area (Å²) >= 11 is 0. The van der Waals surface area contributed by atoms with Gasteiger partial charge in [0.2, 0.25) is 5.91 Å². The molecule has 110 valence electrons. The van der Waals surface area contributed by atoms with Gasteiger partial charge in [-0.1, -0.05) is 19.3 Å². The normalized spacial score (nSPS) is 17.9. The highest BCUT2D eigenvalue weighted by Crippen LogP contribution is 2.28. The maximum absolute atomic E-state index is 13.8. The van der Waals surface area contributed by atoms with Gasteiger partial charge < -0.3 is 16.2 Å². The number of hydrogen-bond acceptors (Lipinski definition) is 3. The molecule has 0 atom stereocenters. The predicted octanol–water partition coefficient (Wildman–Crippen LogP) is 1.71. The number of carbonyl (C=O) groups is 1. The van der Waals surface area contributed by atoms with Crippen LogP contribution in [0.4, 0.5) is 4.39 Å². The molecule has 1 aliphatic rings. The van der Waals surface area contributed by atoms with Crippen LogP contribution >= 0.6 is 0 Å². The van der Waals surface area contributed by atoms with Gasteiger partial charge in [0.15, 0.2) is 0 Å². The predicted molar refractivity (Wildman–Crippen MR) is 74.7 cm³/mol. The molecule has 1 aromatic rings. The molecule has 0 bridgehead atoms. The Labute approximate surface area is 118 Å². The summed E-state index contributed by atoms with van der Waals surface area (Å²) in [4.78, 5) is 11.1. The zero-order valence-electron chi connectivity index (χ0n) is 11.5. The van der Waals surface area contributed by atoms with Crippen LogP contribution in [0.25, 0.3) is 0 Å². The van der Waals surface area contributed by atoms with Gasteiger partial charge >= 0.3 is 0 Å². The topological polar surface area (TPSA) is 75.4 Å². The third kappa shape index (κ3) is 3.35. The second kappa shape index (κ2) is 6.33. The van der Waals surface area contributed by atoms with Crippen molar-refractivity contribution in [2.45, 2.75) is 44.2 Å². The number of rotatable bonds is 5. The first-order valence-corrected chi connectivity index (χ1v) is 7.00. The lowest BCUT2D eigenvalue weighted by atomic mass is 9.82. The number of carbonyl (C=O) groups excluding carboxylic acids is 1. The molecule has 20 heavy (non-hydrogen) atoms. The van der Waals surface area contributed by atoms with Crippen molar-refractivity contribution >= 4 is 5.91 Å². The van der Waals surface area contributed by atoms with Crippen molar-refractivity contribution in [1.82, 2.24) is 5.32 Å². The Kier molecular flexibility index (Phi) is 4.73. The third-order valence-electron chi connectivity index (χ3n) is 4.10. The number of nitrogens with two attached hydrogens (primary N) is 1. The van der Waals surface area contributed by atoms with E-state index in [0.29, 0.717) is 11.1 Å². The molecule has 1 amide bonds. The zero-order chi connectivity index (χ0) is 14.6. The van der Waals surface area contributed by atoms with Crippen molar-refractivity contribution in [3.8, 4) is 0 Å². The molecular weight excluding hydrogens is 259 g/mol. The van der Waals surface area contributed by atoms with Gasteiger partial charge in [0.05, 0.1) is 6.61 Å². The van der Waals surface area contributed by atoms with Crippen molar-refractivity contribution in [3.05, 3.63) is 35.1 Å². The summed E-state index contributed by atoms with van der Waals surface area (Å²) in [5.74, 6) is -0.938. The number of primary amides is 1. The van der Waals surface area contributed by atoms with Gasteiger partial charge in [-0.05, 0) is 31.0 Å². The average Bonchev–Trinajstić information content (AvgIpc) is 2.47. The first-order chi connectivity index (χ1) is 9.56. The second-order valence-electron chi connectivity index (χ2n) is 5.52. The van der Waals surface area contributed by atoms with Gasteiger partial charge in [0, 0.05) is 23.2 Å². The zero-order valence-corrected chi connectivity index (χ0v) is 11.5. The molecule has 0 spiro atoms. The molecule has 4 N–H and O–H groups in total. The van der Waals surface area contributed by atoms with Crippen LogP contribution in [-0.4, -0.2) is 23.2 Å². The fourth-order valence-corrected chi connectivity index (χ4v) is 2.77. The number of benzene rings is 1. The van der Waals surface area contributed by atoms with Crippen molar-refractivity contribution in [3.63, 3.8) is 0 Å². The number of halogens is 1. The molecule has 2 rings (SSSR count). The number of nitrogens with one attached hydrogen (secondary N) is 1. The van der Waals surface area contributed by atoms with E-state index >= 15 is 0 Å². The summed E-state index contributed by atoms with van der Waals surface area (Å²) < 4.78 is 13.8. The highest BCUT2D eigenvalue weighted by atomic mass is 19.1. The Morgan fingerprint density at radius 2 is 2.05 bits per heavy atom. The lowest BCUT2D eigenvalue weighted by Gasteiger charge is -2.36. The van der Waals surface area contributed by atoms with Crippen LogP contribution in [-0.2, 0) is 6.54 Å². The first-order valence-electron chi connectivity index (χ1n) is 7.00. The molecule has 5 heteroatoms. The summed E-state index contributed by atoms with van der Waals surface area (Å²) in [5, 5.41) is 12.9. The first kappa shape index (κ1) is 14.9. The van der Waals surface area contributed by atoms with Crippen molar-refractivity contribution in [2.75, 3.05) is 6.61 Å². The molecule has 1 saturated carbocycles. The second-order valence-corrected chi connectivity index (χ2v) is 5.52. The molecule has 0 radical (unpaired) electrons. The van der Waals surface area contributed by atoms with Gasteiger partial charge in [0.1, 0.15) is 5.82 Å². The van der Waals surface area contributed by atoms with Gasteiger partial charge in [-0.25, -0.2) is 4.39 Å². The fourth-order valence-electron chi connectivity index (χ4n) is 2.77. The maximum Gasteiger partial charge on any atom is 0.248 e. The smallest absolute Gasteiger partial charge is 0.248 e. The number of aliphatic hydroxyl groups excluding tert-OH is 1. The van der Waals surface area contributed by atoms with Crippen molar-refractivity contribution < 1.29 is 14.3 Å². The summed E-state index contributed by atoms with van der Waals surface area (Å²) in [6.07, 6.45) is 5.09. The van der Waals surface area contributed by atoms with E-state index in [4.69, 9.17) is 5.73 Å². The van der Waals surface area contributed by atoms with E-state index in [0.717, 1.165) is 25.7 Å². The summed E-state index contributed by atoms with van der Waals surface area (Å²) in [6, 6.07) is 4.10. The molecule has 1 fully saturated rings. The van der Waals surface area contributed by atoms with Crippen LogP contribution in [0.3, 0.4) is 0 Å². The van der Waals surface area contributed by atoms with Crippen LogP contribution in [0.1, 0.15) is 48.0 Å². The fraction of sp³-hybridized carbons (Fsp3) is 0.533. The highest BCUT2D eigenvalue weighted by molar-refractivity contribution is 5.92. The van der Waals surface area contributed by atoms with Crippen molar-refractivity contribution in [1.29, 1.82) is 0 Å². The number of hydrogen-bond donors (Lipinski definition) is 3. The van der Waals surface area contributed by atoms with Gasteiger partial charge in [-0.3, -0.25) is 4.79 Å². The maximum atomic E-state index is 13.8. The SMILES string of the molecule is NC(=O)c1ccc(F)c(CNC2(CO)CCCCC2)c1. The van der Waals surface area contributed by atoms with E-state index < -0.39 is 5.91 Å². The Morgan fingerprint density at radius 3 is 2.65 bits per heavy atom. The van der Waals surface area contributed by atoms with E-state index in [-0.39, 0.29) is 24.5 Å². The van der Waals surface area contributed by atoms with E-state index in [1.54, 1.807) is 0 Å².